The number of carbonyl (C=O) groups is 2. The number of nitrogens with two attached hydrogens (primary N) is 1. The number of likely N-dealkylation sites (tertiary alicyclic amines) is 1. The number of nitrogens with one attached hydrogen (secondary N) is 1. The van der Waals surface area contributed by atoms with Crippen molar-refractivity contribution in [1.29, 1.82) is 0 Å². The molecule has 1 atom stereocenters. The summed E-state index contributed by atoms with van der Waals surface area (Å²) in [5.41, 5.74) is 5.91. The molecule has 1 fully saturated rings. The van der Waals surface area contributed by atoms with Gasteiger partial charge < -0.3 is 11.1 Å². The van der Waals surface area contributed by atoms with Gasteiger partial charge in [0.25, 0.3) is 0 Å². The summed E-state index contributed by atoms with van der Waals surface area (Å²) >= 11 is 1.34. The van der Waals surface area contributed by atoms with Gasteiger partial charge in [0, 0.05) is 11.4 Å². The lowest BCUT2D eigenvalue weighted by molar-refractivity contribution is -0.118. The van der Waals surface area contributed by atoms with Crippen molar-refractivity contribution < 1.29 is 9.59 Å². The number of hydrogen-bond acceptors (Lipinski definition) is 4. The van der Waals surface area contributed by atoms with Gasteiger partial charge in [0.15, 0.2) is 0 Å². The molecular weight excluding hydrogens is 298 g/mol. The molecule has 0 bridgehead atoms. The molecule has 1 aromatic carbocycles. The number of para-hydroxylation sites is 1. The van der Waals surface area contributed by atoms with Gasteiger partial charge in [0.1, 0.15) is 0 Å². The van der Waals surface area contributed by atoms with Crippen LogP contribution in [0.1, 0.15) is 19.8 Å². The van der Waals surface area contributed by atoms with Gasteiger partial charge >= 0.3 is 0 Å². The smallest absolute Gasteiger partial charge is 0.238 e. The van der Waals surface area contributed by atoms with E-state index in [0.29, 0.717) is 12.5 Å². The van der Waals surface area contributed by atoms with Gasteiger partial charge in [-0.05, 0) is 37.4 Å². The highest BCUT2D eigenvalue weighted by Crippen LogP contribution is 2.26. The highest BCUT2D eigenvalue weighted by atomic mass is 32.2. The van der Waals surface area contributed by atoms with E-state index in [1.54, 1.807) is 0 Å². The van der Waals surface area contributed by atoms with E-state index >= 15 is 0 Å². The van der Waals surface area contributed by atoms with Crippen LogP contribution in [0.2, 0.25) is 0 Å². The number of benzene rings is 1. The maximum absolute atomic E-state index is 12.2. The SMILES string of the molecule is C[C@H]1CCCN(CC(=O)Nc2ccccc2SCC(N)=O)C1. The Balaban J connectivity index is 1.91. The number of primary amides is 1. The maximum atomic E-state index is 12.2. The van der Waals surface area contributed by atoms with Crippen molar-refractivity contribution in [2.24, 2.45) is 11.7 Å². The number of amides is 2. The van der Waals surface area contributed by atoms with Crippen LogP contribution in [0.25, 0.3) is 0 Å². The first-order chi connectivity index (χ1) is 10.5. The first-order valence-electron chi connectivity index (χ1n) is 7.57. The van der Waals surface area contributed by atoms with Gasteiger partial charge in [-0.25, -0.2) is 0 Å². The lowest BCUT2D eigenvalue weighted by Crippen LogP contribution is -2.39. The summed E-state index contributed by atoms with van der Waals surface area (Å²) in [7, 11) is 0. The first kappa shape index (κ1) is 16.8. The third kappa shape index (κ3) is 5.35. The molecule has 0 unspecified atom stereocenters. The molecular formula is C16H23N3O2S. The van der Waals surface area contributed by atoms with Crippen LogP contribution in [0, 0.1) is 5.92 Å². The Kier molecular flexibility index (Phi) is 6.27. The van der Waals surface area contributed by atoms with Gasteiger partial charge in [-0.3, -0.25) is 14.5 Å². The average molecular weight is 321 g/mol. The van der Waals surface area contributed by atoms with Gasteiger partial charge in [0.05, 0.1) is 18.0 Å². The molecule has 1 aliphatic heterocycles. The second-order valence-electron chi connectivity index (χ2n) is 5.78. The fourth-order valence-electron chi connectivity index (χ4n) is 2.67. The molecule has 5 nitrogen and oxygen atoms in total. The fraction of sp³-hybridized carbons (Fsp3) is 0.500. The van der Waals surface area contributed by atoms with Crippen LogP contribution in [0.5, 0.6) is 0 Å². The van der Waals surface area contributed by atoms with E-state index in [-0.39, 0.29) is 17.6 Å². The molecule has 0 radical (unpaired) electrons. The summed E-state index contributed by atoms with van der Waals surface area (Å²) in [6.45, 7) is 4.60. The number of rotatable bonds is 6. The zero-order valence-electron chi connectivity index (χ0n) is 12.9. The Bertz CT molecular complexity index is 536. The minimum atomic E-state index is -0.367. The fourth-order valence-corrected chi connectivity index (χ4v) is 3.41. The molecule has 1 aliphatic rings. The zero-order valence-corrected chi connectivity index (χ0v) is 13.7. The summed E-state index contributed by atoms with van der Waals surface area (Å²) in [5.74, 6) is 0.478. The molecule has 0 aromatic heterocycles. The molecule has 0 spiro atoms. The summed E-state index contributed by atoms with van der Waals surface area (Å²) in [6, 6.07) is 7.48. The Morgan fingerprint density at radius 2 is 2.18 bits per heavy atom. The van der Waals surface area contributed by atoms with Crippen molar-refractivity contribution in [3.8, 4) is 0 Å². The van der Waals surface area contributed by atoms with Crippen LogP contribution in [-0.2, 0) is 9.59 Å². The normalized spacial score (nSPS) is 18.9. The number of hydrogen-bond donors (Lipinski definition) is 2. The van der Waals surface area contributed by atoms with E-state index < -0.39 is 0 Å². The third-order valence-electron chi connectivity index (χ3n) is 3.64. The standard InChI is InChI=1S/C16H23N3O2S/c1-12-5-4-8-19(9-12)10-16(21)18-13-6-2-3-7-14(13)22-11-15(17)20/h2-3,6-7,12H,4-5,8-11H2,1H3,(H2,17,20)(H,18,21)/t12-/m0/s1. The Hall–Kier alpha value is -1.53. The Labute approximate surface area is 135 Å². The van der Waals surface area contributed by atoms with Crippen LogP contribution >= 0.6 is 11.8 Å². The van der Waals surface area contributed by atoms with Gasteiger partial charge in [-0.15, -0.1) is 11.8 Å². The van der Waals surface area contributed by atoms with E-state index in [4.69, 9.17) is 5.73 Å². The largest absolute Gasteiger partial charge is 0.369 e. The molecule has 1 aromatic rings. The molecule has 1 saturated heterocycles. The molecule has 0 aliphatic carbocycles. The van der Waals surface area contributed by atoms with Gasteiger partial charge in [0.2, 0.25) is 11.8 Å². The van der Waals surface area contributed by atoms with Crippen LogP contribution < -0.4 is 11.1 Å². The second kappa shape index (κ2) is 8.19. The molecule has 6 heteroatoms. The second-order valence-corrected chi connectivity index (χ2v) is 6.80. The monoisotopic (exact) mass is 321 g/mol. The van der Waals surface area contributed by atoms with E-state index in [9.17, 15) is 9.59 Å². The van der Waals surface area contributed by atoms with Gasteiger partial charge in [-0.2, -0.15) is 0 Å². The third-order valence-corrected chi connectivity index (χ3v) is 4.74. The van der Waals surface area contributed by atoms with Gasteiger partial charge in [-0.1, -0.05) is 19.1 Å². The average Bonchev–Trinajstić information content (AvgIpc) is 2.46. The van der Waals surface area contributed by atoms with Crippen molar-refractivity contribution >= 4 is 29.3 Å². The zero-order chi connectivity index (χ0) is 15.9. The molecule has 2 rings (SSSR count). The molecule has 2 amide bonds. The molecule has 0 saturated carbocycles. The molecule has 3 N–H and O–H groups in total. The van der Waals surface area contributed by atoms with Crippen molar-refractivity contribution in [1.82, 2.24) is 4.90 Å². The highest BCUT2D eigenvalue weighted by molar-refractivity contribution is 8.00. The summed E-state index contributed by atoms with van der Waals surface area (Å²) in [4.78, 5) is 26.2. The minimum absolute atomic E-state index is 0.0128. The molecule has 22 heavy (non-hydrogen) atoms. The quantitative estimate of drug-likeness (QED) is 0.785. The lowest BCUT2D eigenvalue weighted by atomic mass is 10.0. The van der Waals surface area contributed by atoms with Crippen molar-refractivity contribution in [3.05, 3.63) is 24.3 Å². The van der Waals surface area contributed by atoms with E-state index in [1.165, 1.54) is 18.2 Å². The minimum Gasteiger partial charge on any atom is -0.369 e. The topological polar surface area (TPSA) is 75.4 Å². The van der Waals surface area contributed by atoms with E-state index in [1.807, 2.05) is 24.3 Å². The Morgan fingerprint density at radius 1 is 1.41 bits per heavy atom. The molecule has 120 valence electrons. The summed E-state index contributed by atoms with van der Waals surface area (Å²) in [6.07, 6.45) is 2.39. The Morgan fingerprint density at radius 3 is 2.91 bits per heavy atom. The van der Waals surface area contributed by atoms with E-state index in [0.717, 1.165) is 30.1 Å². The maximum Gasteiger partial charge on any atom is 0.238 e. The summed E-state index contributed by atoms with van der Waals surface area (Å²) in [5, 5.41) is 2.94. The number of nitrogens with zero attached hydrogens (tertiary/aromatic N) is 1. The van der Waals surface area contributed by atoms with Crippen LogP contribution in [-0.4, -0.2) is 42.1 Å². The van der Waals surface area contributed by atoms with Crippen LogP contribution in [0.3, 0.4) is 0 Å². The predicted molar refractivity (Wildman–Crippen MR) is 89.8 cm³/mol. The highest BCUT2D eigenvalue weighted by Gasteiger charge is 2.19. The number of carbonyl (C=O) groups excluding carboxylic acids is 2. The predicted octanol–water partition coefficient (Wildman–Crippen LogP) is 1.93. The lowest BCUT2D eigenvalue weighted by Gasteiger charge is -2.30. The van der Waals surface area contributed by atoms with Crippen molar-refractivity contribution in [2.75, 3.05) is 30.7 Å². The molecule has 1 heterocycles. The van der Waals surface area contributed by atoms with Crippen molar-refractivity contribution in [2.45, 2.75) is 24.7 Å². The van der Waals surface area contributed by atoms with Crippen molar-refractivity contribution in [3.63, 3.8) is 0 Å². The summed E-state index contributed by atoms with van der Waals surface area (Å²) < 4.78 is 0. The van der Waals surface area contributed by atoms with E-state index in [2.05, 4.69) is 17.1 Å². The number of piperidine rings is 1. The van der Waals surface area contributed by atoms with Crippen LogP contribution in [0.15, 0.2) is 29.2 Å². The number of thioether (sulfide) groups is 1. The first-order valence-corrected chi connectivity index (χ1v) is 8.55. The number of anilines is 1. The van der Waals surface area contributed by atoms with Crippen LogP contribution in [0.4, 0.5) is 5.69 Å².